The van der Waals surface area contributed by atoms with Gasteiger partial charge in [0.25, 0.3) is 0 Å². The summed E-state index contributed by atoms with van der Waals surface area (Å²) in [6, 6.07) is 3.53. The smallest absolute Gasteiger partial charge is 0.309 e. The van der Waals surface area contributed by atoms with Crippen molar-refractivity contribution in [1.29, 1.82) is 0 Å². The highest BCUT2D eigenvalue weighted by atomic mass is 16.4. The van der Waals surface area contributed by atoms with Crippen LogP contribution in [0, 0.1) is 5.41 Å². The van der Waals surface area contributed by atoms with Crippen molar-refractivity contribution in [2.45, 2.75) is 26.2 Å². The minimum Gasteiger partial charge on any atom is -0.481 e. The number of hydrogen-bond donors (Lipinski definition) is 1. The molecule has 1 N–H and O–H groups in total. The van der Waals surface area contributed by atoms with Gasteiger partial charge in [0.2, 0.25) is 5.91 Å². The maximum atomic E-state index is 12.0. The molecule has 1 amide bonds. The molecule has 0 aromatic carbocycles. The fourth-order valence-electron chi connectivity index (χ4n) is 2.52. The number of furan rings is 1. The van der Waals surface area contributed by atoms with Crippen molar-refractivity contribution in [2.24, 2.45) is 5.41 Å². The van der Waals surface area contributed by atoms with E-state index >= 15 is 0 Å². The third-order valence-electron chi connectivity index (χ3n) is 4.10. The highest BCUT2D eigenvalue weighted by Crippen LogP contribution is 2.35. The number of nitrogens with zero attached hydrogens (tertiary/aromatic N) is 1. The van der Waals surface area contributed by atoms with E-state index in [1.807, 2.05) is 6.92 Å². The molecule has 0 saturated carbocycles. The predicted molar refractivity (Wildman–Crippen MR) is 73.9 cm³/mol. The summed E-state index contributed by atoms with van der Waals surface area (Å²) in [5.41, 5.74) is -0.665. The Hall–Kier alpha value is -2.04. The number of piperidine rings is 1. The van der Waals surface area contributed by atoms with Gasteiger partial charge in [0.1, 0.15) is 5.76 Å². The lowest BCUT2D eigenvalue weighted by atomic mass is 9.76. The molecule has 1 aromatic rings. The van der Waals surface area contributed by atoms with Gasteiger partial charge in [-0.15, -0.1) is 0 Å². The second-order valence-corrected chi connectivity index (χ2v) is 5.11. The number of amides is 1. The first-order chi connectivity index (χ1) is 9.57. The van der Waals surface area contributed by atoms with E-state index in [4.69, 9.17) is 4.42 Å². The number of likely N-dealkylation sites (tertiary alicyclic amines) is 1. The molecule has 20 heavy (non-hydrogen) atoms. The number of hydrogen-bond acceptors (Lipinski definition) is 3. The van der Waals surface area contributed by atoms with E-state index in [0.29, 0.717) is 38.1 Å². The molecule has 1 fully saturated rings. The van der Waals surface area contributed by atoms with E-state index in [9.17, 15) is 14.7 Å². The Kier molecular flexibility index (Phi) is 4.27. The lowest BCUT2D eigenvalue weighted by Crippen LogP contribution is -2.45. The maximum Gasteiger partial charge on any atom is 0.309 e. The predicted octanol–water partition coefficient (Wildman–Crippen LogP) is 2.40. The highest BCUT2D eigenvalue weighted by Gasteiger charge is 2.40. The first-order valence-corrected chi connectivity index (χ1v) is 6.81. The molecular formula is C15H19NO4. The Morgan fingerprint density at radius 3 is 2.65 bits per heavy atom. The van der Waals surface area contributed by atoms with Crippen molar-refractivity contribution in [1.82, 2.24) is 4.90 Å². The van der Waals surface area contributed by atoms with Gasteiger partial charge in [0.15, 0.2) is 0 Å². The van der Waals surface area contributed by atoms with Crippen molar-refractivity contribution in [3.63, 3.8) is 0 Å². The highest BCUT2D eigenvalue weighted by molar-refractivity contribution is 5.91. The molecule has 5 heteroatoms. The average Bonchev–Trinajstić information content (AvgIpc) is 2.98. The number of rotatable bonds is 4. The molecule has 2 heterocycles. The van der Waals surface area contributed by atoms with Crippen LogP contribution in [-0.2, 0) is 9.59 Å². The van der Waals surface area contributed by atoms with E-state index in [1.165, 1.54) is 6.08 Å². The van der Waals surface area contributed by atoms with Crippen LogP contribution in [0.5, 0.6) is 0 Å². The Balaban J connectivity index is 1.93. The molecule has 0 atom stereocenters. The van der Waals surface area contributed by atoms with Crippen molar-refractivity contribution in [3.05, 3.63) is 30.2 Å². The molecule has 1 aliphatic rings. The minimum atomic E-state index is -0.752. The minimum absolute atomic E-state index is 0.100. The van der Waals surface area contributed by atoms with Gasteiger partial charge < -0.3 is 14.4 Å². The molecule has 108 valence electrons. The normalized spacial score (nSPS) is 18.4. The second kappa shape index (κ2) is 5.94. The maximum absolute atomic E-state index is 12.0. The molecule has 0 spiro atoms. The molecule has 0 radical (unpaired) electrons. The van der Waals surface area contributed by atoms with Gasteiger partial charge in [-0.2, -0.15) is 0 Å². The van der Waals surface area contributed by atoms with Crippen LogP contribution in [0.1, 0.15) is 31.9 Å². The number of carbonyl (C=O) groups is 2. The van der Waals surface area contributed by atoms with Gasteiger partial charge in [-0.05, 0) is 37.5 Å². The number of carboxylic acid groups (broad SMARTS) is 1. The van der Waals surface area contributed by atoms with Gasteiger partial charge in [-0.3, -0.25) is 9.59 Å². The van der Waals surface area contributed by atoms with E-state index in [-0.39, 0.29) is 5.91 Å². The van der Waals surface area contributed by atoms with Crippen LogP contribution in [0.2, 0.25) is 0 Å². The van der Waals surface area contributed by atoms with E-state index in [2.05, 4.69) is 0 Å². The fraction of sp³-hybridized carbons (Fsp3) is 0.467. The summed E-state index contributed by atoms with van der Waals surface area (Å²) in [4.78, 5) is 25.0. The first-order valence-electron chi connectivity index (χ1n) is 6.81. The molecule has 1 saturated heterocycles. The fourth-order valence-corrected chi connectivity index (χ4v) is 2.52. The molecule has 0 bridgehead atoms. The van der Waals surface area contributed by atoms with Crippen molar-refractivity contribution < 1.29 is 19.1 Å². The van der Waals surface area contributed by atoms with E-state index in [0.717, 1.165) is 0 Å². The summed E-state index contributed by atoms with van der Waals surface area (Å²) >= 11 is 0. The van der Waals surface area contributed by atoms with Crippen molar-refractivity contribution in [2.75, 3.05) is 13.1 Å². The van der Waals surface area contributed by atoms with Gasteiger partial charge in [-0.25, -0.2) is 0 Å². The Bertz CT molecular complexity index is 496. The van der Waals surface area contributed by atoms with Gasteiger partial charge in [0.05, 0.1) is 11.7 Å². The standard InChI is InChI=1S/C15H19NO4/c1-2-15(14(18)19)7-9-16(10-8-15)13(17)6-5-12-4-3-11-20-12/h3-6,11H,2,7-10H2,1H3,(H,18,19). The van der Waals surface area contributed by atoms with E-state index < -0.39 is 11.4 Å². The summed E-state index contributed by atoms with van der Waals surface area (Å²) in [5.74, 6) is -0.224. The van der Waals surface area contributed by atoms with Crippen LogP contribution in [0.3, 0.4) is 0 Å². The Morgan fingerprint density at radius 1 is 1.45 bits per heavy atom. The van der Waals surface area contributed by atoms with Crippen LogP contribution in [0.15, 0.2) is 28.9 Å². The lowest BCUT2D eigenvalue weighted by molar-refractivity contribution is -0.154. The molecule has 0 aliphatic carbocycles. The molecule has 1 aliphatic heterocycles. The number of aliphatic carboxylic acids is 1. The molecular weight excluding hydrogens is 258 g/mol. The number of carbonyl (C=O) groups excluding carboxylic acids is 1. The summed E-state index contributed by atoms with van der Waals surface area (Å²) in [5, 5.41) is 9.31. The zero-order chi connectivity index (χ0) is 14.6. The summed E-state index contributed by atoms with van der Waals surface area (Å²) < 4.78 is 5.12. The number of carboxylic acids is 1. The Morgan fingerprint density at radius 2 is 2.15 bits per heavy atom. The molecule has 1 aromatic heterocycles. The molecule has 0 unspecified atom stereocenters. The monoisotopic (exact) mass is 277 g/mol. The van der Waals surface area contributed by atoms with Crippen LogP contribution >= 0.6 is 0 Å². The van der Waals surface area contributed by atoms with Crippen LogP contribution in [-0.4, -0.2) is 35.0 Å². The summed E-state index contributed by atoms with van der Waals surface area (Å²) in [6.07, 6.45) is 6.28. The zero-order valence-electron chi connectivity index (χ0n) is 11.5. The summed E-state index contributed by atoms with van der Waals surface area (Å²) in [6.45, 7) is 2.87. The van der Waals surface area contributed by atoms with Gasteiger partial charge in [-0.1, -0.05) is 6.92 Å². The van der Waals surface area contributed by atoms with Gasteiger partial charge in [0, 0.05) is 19.2 Å². The van der Waals surface area contributed by atoms with E-state index in [1.54, 1.807) is 29.4 Å². The van der Waals surface area contributed by atoms with Crippen molar-refractivity contribution >= 4 is 18.0 Å². The quantitative estimate of drug-likeness (QED) is 0.858. The summed E-state index contributed by atoms with van der Waals surface area (Å²) in [7, 11) is 0. The SMILES string of the molecule is CCC1(C(=O)O)CCN(C(=O)C=Cc2ccco2)CC1. The largest absolute Gasteiger partial charge is 0.481 e. The van der Waals surface area contributed by atoms with Crippen LogP contribution < -0.4 is 0 Å². The van der Waals surface area contributed by atoms with Crippen LogP contribution in [0.25, 0.3) is 6.08 Å². The zero-order valence-corrected chi connectivity index (χ0v) is 11.5. The Labute approximate surface area is 117 Å². The second-order valence-electron chi connectivity index (χ2n) is 5.11. The third-order valence-corrected chi connectivity index (χ3v) is 4.10. The molecule has 5 nitrogen and oxygen atoms in total. The topological polar surface area (TPSA) is 70.8 Å². The third kappa shape index (κ3) is 2.92. The first kappa shape index (κ1) is 14.4. The van der Waals surface area contributed by atoms with Gasteiger partial charge >= 0.3 is 5.97 Å². The van der Waals surface area contributed by atoms with Crippen molar-refractivity contribution in [3.8, 4) is 0 Å². The average molecular weight is 277 g/mol. The lowest BCUT2D eigenvalue weighted by Gasteiger charge is -2.37. The van der Waals surface area contributed by atoms with Crippen LogP contribution in [0.4, 0.5) is 0 Å². The molecule has 2 rings (SSSR count).